The van der Waals surface area contributed by atoms with E-state index in [0.29, 0.717) is 5.69 Å². The van der Waals surface area contributed by atoms with Crippen molar-refractivity contribution in [3.8, 4) is 0 Å². The van der Waals surface area contributed by atoms with Crippen LogP contribution >= 0.6 is 0 Å². The van der Waals surface area contributed by atoms with Gasteiger partial charge in [0.05, 0.1) is 5.69 Å². The normalized spacial score (nSPS) is 12.9. The Bertz CT molecular complexity index is 354. The number of hydrogen-bond donors (Lipinski definition) is 2. The third-order valence-corrected chi connectivity index (χ3v) is 2.10. The van der Waals surface area contributed by atoms with Crippen LogP contribution in [-0.2, 0) is 6.42 Å². The topological polar surface area (TPSA) is 71.8 Å². The summed E-state index contributed by atoms with van der Waals surface area (Å²) < 4.78 is 0. The maximum absolute atomic E-state index is 11.1. The quantitative estimate of drug-likeness (QED) is 0.704. The monoisotopic (exact) mass is 181 g/mol. The van der Waals surface area contributed by atoms with Gasteiger partial charge in [-0.3, -0.25) is 0 Å². The van der Waals surface area contributed by atoms with E-state index in [9.17, 15) is 4.79 Å². The van der Waals surface area contributed by atoms with Crippen LogP contribution in [0.2, 0.25) is 0 Å². The fourth-order valence-electron chi connectivity index (χ4n) is 1.40. The zero-order valence-electron chi connectivity index (χ0n) is 8.22. The summed E-state index contributed by atoms with van der Waals surface area (Å²) in [6.07, 6.45) is 0.795. The van der Waals surface area contributed by atoms with Crippen molar-refractivity contribution in [3.63, 3.8) is 0 Å². The lowest BCUT2D eigenvalue weighted by molar-refractivity contribution is 0.742. The Morgan fingerprint density at radius 2 is 2.23 bits per heavy atom. The third-order valence-electron chi connectivity index (χ3n) is 2.10. The van der Waals surface area contributed by atoms with Gasteiger partial charge in [-0.25, -0.2) is 4.79 Å². The molecule has 0 bridgehead atoms. The van der Waals surface area contributed by atoms with Gasteiger partial charge < -0.3 is 10.7 Å². The van der Waals surface area contributed by atoms with E-state index in [1.807, 2.05) is 20.8 Å². The number of aryl methyl sites for hydroxylation is 1. The summed E-state index contributed by atoms with van der Waals surface area (Å²) in [5.74, 6) is 0. The number of aromatic amines is 1. The molecule has 1 heterocycles. The maximum atomic E-state index is 11.1. The number of rotatable bonds is 2. The highest BCUT2D eigenvalue weighted by molar-refractivity contribution is 5.24. The lowest BCUT2D eigenvalue weighted by Crippen LogP contribution is -2.21. The van der Waals surface area contributed by atoms with Gasteiger partial charge in [0.15, 0.2) is 0 Å². The van der Waals surface area contributed by atoms with Gasteiger partial charge in [-0.2, -0.15) is 4.98 Å². The molecule has 0 fully saturated rings. The van der Waals surface area contributed by atoms with Gasteiger partial charge in [0.2, 0.25) is 0 Å². The molecule has 4 heteroatoms. The third kappa shape index (κ3) is 1.95. The van der Waals surface area contributed by atoms with Crippen LogP contribution in [0.25, 0.3) is 0 Å². The summed E-state index contributed by atoms with van der Waals surface area (Å²) in [6, 6.07) is -0.187. The van der Waals surface area contributed by atoms with Crippen molar-refractivity contribution in [2.75, 3.05) is 0 Å². The Morgan fingerprint density at radius 3 is 2.69 bits per heavy atom. The van der Waals surface area contributed by atoms with Crippen LogP contribution in [0.4, 0.5) is 0 Å². The standard InChI is InChI=1S/C9H15N3O/c1-4-7-5(2)8(6(3)10)12-9(13)11-7/h6H,4,10H2,1-3H3,(H,11,12,13). The smallest absolute Gasteiger partial charge is 0.323 e. The molecule has 1 rings (SSSR count). The first-order chi connectivity index (χ1) is 6.06. The molecule has 0 saturated heterocycles. The summed E-state index contributed by atoms with van der Waals surface area (Å²) in [4.78, 5) is 17.6. The van der Waals surface area contributed by atoms with Crippen molar-refractivity contribution in [1.82, 2.24) is 9.97 Å². The number of nitrogens with one attached hydrogen (secondary N) is 1. The predicted octanol–water partition coefficient (Wildman–Crippen LogP) is 0.660. The molecule has 13 heavy (non-hydrogen) atoms. The van der Waals surface area contributed by atoms with Crippen molar-refractivity contribution in [2.45, 2.75) is 33.2 Å². The first kappa shape index (κ1) is 9.92. The van der Waals surface area contributed by atoms with Crippen molar-refractivity contribution in [1.29, 1.82) is 0 Å². The van der Waals surface area contributed by atoms with Gasteiger partial charge in [-0.05, 0) is 25.8 Å². The summed E-state index contributed by atoms with van der Waals surface area (Å²) in [6.45, 7) is 5.75. The lowest BCUT2D eigenvalue weighted by atomic mass is 10.1. The molecule has 0 spiro atoms. The summed E-state index contributed by atoms with van der Waals surface area (Å²) >= 11 is 0. The number of nitrogens with zero attached hydrogens (tertiary/aromatic N) is 1. The van der Waals surface area contributed by atoms with E-state index in [0.717, 1.165) is 17.7 Å². The van der Waals surface area contributed by atoms with Crippen molar-refractivity contribution < 1.29 is 0 Å². The molecule has 3 N–H and O–H groups in total. The van der Waals surface area contributed by atoms with Crippen LogP contribution in [0, 0.1) is 6.92 Å². The van der Waals surface area contributed by atoms with Gasteiger partial charge in [0, 0.05) is 11.7 Å². The Morgan fingerprint density at radius 1 is 1.62 bits per heavy atom. The van der Waals surface area contributed by atoms with Gasteiger partial charge in [-0.15, -0.1) is 0 Å². The molecule has 0 saturated carbocycles. The first-order valence-corrected chi connectivity index (χ1v) is 4.41. The van der Waals surface area contributed by atoms with Crippen LogP contribution < -0.4 is 11.4 Å². The van der Waals surface area contributed by atoms with Crippen LogP contribution in [0.15, 0.2) is 4.79 Å². The van der Waals surface area contributed by atoms with Crippen LogP contribution in [-0.4, -0.2) is 9.97 Å². The number of H-pyrrole nitrogens is 1. The fraction of sp³-hybridized carbons (Fsp3) is 0.556. The van der Waals surface area contributed by atoms with E-state index in [2.05, 4.69) is 9.97 Å². The summed E-state index contributed by atoms with van der Waals surface area (Å²) in [5.41, 5.74) is 8.00. The molecule has 0 amide bonds. The minimum absolute atomic E-state index is 0.187. The van der Waals surface area contributed by atoms with Crippen LogP contribution in [0.5, 0.6) is 0 Å². The second-order valence-electron chi connectivity index (χ2n) is 3.17. The van der Waals surface area contributed by atoms with Crippen LogP contribution in [0.3, 0.4) is 0 Å². The minimum Gasteiger partial charge on any atom is -0.323 e. The molecule has 0 aliphatic rings. The molecule has 72 valence electrons. The highest BCUT2D eigenvalue weighted by Gasteiger charge is 2.09. The van der Waals surface area contributed by atoms with E-state index in [4.69, 9.17) is 5.73 Å². The maximum Gasteiger partial charge on any atom is 0.345 e. The molecular weight excluding hydrogens is 166 g/mol. The molecule has 0 radical (unpaired) electrons. The molecule has 0 aliphatic heterocycles. The first-order valence-electron chi connectivity index (χ1n) is 4.41. The van der Waals surface area contributed by atoms with E-state index in [1.54, 1.807) is 0 Å². The molecule has 1 atom stereocenters. The fourth-order valence-corrected chi connectivity index (χ4v) is 1.40. The van der Waals surface area contributed by atoms with Gasteiger partial charge >= 0.3 is 5.69 Å². The van der Waals surface area contributed by atoms with Gasteiger partial charge in [-0.1, -0.05) is 6.92 Å². The van der Waals surface area contributed by atoms with E-state index in [-0.39, 0.29) is 11.7 Å². The minimum atomic E-state index is -0.310. The lowest BCUT2D eigenvalue weighted by Gasteiger charge is -2.10. The number of hydrogen-bond acceptors (Lipinski definition) is 3. The summed E-state index contributed by atoms with van der Waals surface area (Å²) in [7, 11) is 0. The average Bonchev–Trinajstić information content (AvgIpc) is 2.08. The largest absolute Gasteiger partial charge is 0.345 e. The van der Waals surface area contributed by atoms with E-state index in [1.165, 1.54) is 0 Å². The molecule has 4 nitrogen and oxygen atoms in total. The number of nitrogens with two attached hydrogens (primary N) is 1. The van der Waals surface area contributed by atoms with Gasteiger partial charge in [0.1, 0.15) is 0 Å². The average molecular weight is 181 g/mol. The number of aromatic nitrogens is 2. The molecule has 1 aromatic rings. The second-order valence-corrected chi connectivity index (χ2v) is 3.17. The second kappa shape index (κ2) is 3.70. The SMILES string of the molecule is CCc1[nH]c(=O)nc(C(C)N)c1C. The van der Waals surface area contributed by atoms with E-state index < -0.39 is 0 Å². The Labute approximate surface area is 77.2 Å². The highest BCUT2D eigenvalue weighted by Crippen LogP contribution is 2.12. The van der Waals surface area contributed by atoms with Crippen molar-refractivity contribution in [3.05, 3.63) is 27.4 Å². The molecule has 1 aromatic heterocycles. The van der Waals surface area contributed by atoms with Crippen molar-refractivity contribution in [2.24, 2.45) is 5.73 Å². The van der Waals surface area contributed by atoms with E-state index >= 15 is 0 Å². The Balaban J connectivity index is 3.36. The van der Waals surface area contributed by atoms with Crippen molar-refractivity contribution >= 4 is 0 Å². The zero-order chi connectivity index (χ0) is 10.0. The molecule has 1 unspecified atom stereocenters. The Kier molecular flexibility index (Phi) is 2.83. The molecular formula is C9H15N3O. The zero-order valence-corrected chi connectivity index (χ0v) is 8.22. The Hall–Kier alpha value is -1.16. The van der Waals surface area contributed by atoms with Gasteiger partial charge in [0.25, 0.3) is 0 Å². The van der Waals surface area contributed by atoms with Crippen LogP contribution in [0.1, 0.15) is 36.8 Å². The molecule has 0 aromatic carbocycles. The predicted molar refractivity (Wildman–Crippen MR) is 51.6 cm³/mol. The highest BCUT2D eigenvalue weighted by atomic mass is 16.1. The summed E-state index contributed by atoms with van der Waals surface area (Å²) in [5, 5.41) is 0. The molecule has 0 aliphatic carbocycles.